The second kappa shape index (κ2) is 7.62. The van der Waals surface area contributed by atoms with Crippen LogP contribution in [-0.2, 0) is 10.5 Å². The highest BCUT2D eigenvalue weighted by Gasteiger charge is 2.16. The predicted molar refractivity (Wildman–Crippen MR) is 98.0 cm³/mol. The van der Waals surface area contributed by atoms with E-state index in [1.54, 1.807) is 11.8 Å². The molecule has 0 bridgehead atoms. The molecule has 1 heterocycles. The second-order valence-corrected chi connectivity index (χ2v) is 7.12. The van der Waals surface area contributed by atoms with Crippen molar-refractivity contribution in [3.05, 3.63) is 53.6 Å². The number of benzene rings is 2. The molecule has 3 rings (SSSR count). The lowest BCUT2D eigenvalue weighted by Gasteiger charge is -2.19. The van der Waals surface area contributed by atoms with Crippen molar-refractivity contribution in [3.8, 4) is 11.5 Å². The molecular weight excluding hydrogens is 322 g/mol. The first kappa shape index (κ1) is 16.7. The van der Waals surface area contributed by atoms with Crippen LogP contribution in [-0.4, -0.2) is 24.4 Å². The zero-order valence-electron chi connectivity index (χ0n) is 13.9. The van der Waals surface area contributed by atoms with E-state index in [1.165, 1.54) is 11.1 Å². The first-order valence-corrected chi connectivity index (χ1v) is 9.04. The molecular formula is C19H21NO3S. The van der Waals surface area contributed by atoms with E-state index >= 15 is 0 Å². The first-order chi connectivity index (χ1) is 11.6. The monoisotopic (exact) mass is 343 g/mol. The number of ether oxygens (including phenoxy) is 2. The third-order valence-corrected chi connectivity index (χ3v) is 5.01. The minimum absolute atomic E-state index is 0.0104. The van der Waals surface area contributed by atoms with Crippen molar-refractivity contribution in [1.82, 2.24) is 0 Å². The third kappa shape index (κ3) is 4.23. The third-order valence-electron chi connectivity index (χ3n) is 3.80. The largest absolute Gasteiger partial charge is 0.486 e. The molecule has 1 atom stereocenters. The number of anilines is 1. The number of fused-ring (bicyclic) bond motifs is 1. The Hall–Kier alpha value is -2.14. The Morgan fingerprint density at radius 2 is 1.83 bits per heavy atom. The van der Waals surface area contributed by atoms with Crippen molar-refractivity contribution >= 4 is 23.4 Å². The number of aryl methyl sites for hydroxylation is 1. The van der Waals surface area contributed by atoms with Crippen molar-refractivity contribution in [1.29, 1.82) is 0 Å². The molecule has 1 N–H and O–H groups in total. The molecule has 0 saturated carbocycles. The molecule has 5 heteroatoms. The summed E-state index contributed by atoms with van der Waals surface area (Å²) in [4.78, 5) is 12.4. The fourth-order valence-corrected chi connectivity index (χ4v) is 3.19. The highest BCUT2D eigenvalue weighted by atomic mass is 32.2. The molecule has 0 fully saturated rings. The number of amides is 1. The molecule has 2 aromatic rings. The van der Waals surface area contributed by atoms with Crippen molar-refractivity contribution in [2.24, 2.45) is 0 Å². The molecule has 1 amide bonds. The topological polar surface area (TPSA) is 47.6 Å². The van der Waals surface area contributed by atoms with Crippen molar-refractivity contribution in [3.63, 3.8) is 0 Å². The Bertz CT molecular complexity index is 715. The van der Waals surface area contributed by atoms with Gasteiger partial charge in [0, 0.05) is 17.5 Å². The Labute approximate surface area is 146 Å². The van der Waals surface area contributed by atoms with Crippen LogP contribution in [0.2, 0.25) is 0 Å². The molecule has 0 radical (unpaired) electrons. The van der Waals surface area contributed by atoms with E-state index in [0.29, 0.717) is 19.0 Å². The highest BCUT2D eigenvalue weighted by Crippen LogP contribution is 2.32. The number of carbonyl (C=O) groups is 1. The highest BCUT2D eigenvalue weighted by molar-refractivity contribution is 7.99. The second-order valence-electron chi connectivity index (χ2n) is 5.79. The molecule has 126 valence electrons. The standard InChI is InChI=1S/C19H21NO3S/c1-13-3-5-15(6-4-13)12-24-14(2)19(21)20-16-7-8-17-18(11-16)23-10-9-22-17/h3-8,11,14H,9-10,12H2,1-2H3,(H,20,21). The van der Waals surface area contributed by atoms with Crippen molar-refractivity contribution in [2.45, 2.75) is 24.9 Å². The maximum atomic E-state index is 12.4. The first-order valence-electron chi connectivity index (χ1n) is 7.99. The van der Waals surface area contributed by atoms with E-state index in [0.717, 1.165) is 17.2 Å². The van der Waals surface area contributed by atoms with Crippen LogP contribution in [0.4, 0.5) is 5.69 Å². The number of hydrogen-bond acceptors (Lipinski definition) is 4. The summed E-state index contributed by atoms with van der Waals surface area (Å²) in [6.07, 6.45) is 0. The van der Waals surface area contributed by atoms with Crippen LogP contribution in [0.25, 0.3) is 0 Å². The fraction of sp³-hybridized carbons (Fsp3) is 0.316. The molecule has 0 spiro atoms. The van der Waals surface area contributed by atoms with E-state index < -0.39 is 0 Å². The van der Waals surface area contributed by atoms with Crippen LogP contribution in [0.1, 0.15) is 18.1 Å². The van der Waals surface area contributed by atoms with Crippen molar-refractivity contribution < 1.29 is 14.3 Å². The summed E-state index contributed by atoms with van der Waals surface area (Å²) in [6, 6.07) is 13.9. The SMILES string of the molecule is Cc1ccc(CSC(C)C(=O)Nc2ccc3c(c2)OCCO3)cc1. The van der Waals surface area contributed by atoms with Gasteiger partial charge in [0.15, 0.2) is 11.5 Å². The van der Waals surface area contributed by atoms with Gasteiger partial charge in [-0.25, -0.2) is 0 Å². The number of carbonyl (C=O) groups excluding carboxylic acids is 1. The van der Waals surface area contributed by atoms with Gasteiger partial charge in [-0.3, -0.25) is 4.79 Å². The quantitative estimate of drug-likeness (QED) is 0.890. The van der Waals surface area contributed by atoms with E-state index in [1.807, 2.05) is 25.1 Å². The lowest BCUT2D eigenvalue weighted by molar-refractivity contribution is -0.115. The number of rotatable bonds is 5. The predicted octanol–water partition coefficient (Wildman–Crippen LogP) is 4.03. The van der Waals surface area contributed by atoms with Crippen LogP contribution in [0.15, 0.2) is 42.5 Å². The lowest BCUT2D eigenvalue weighted by Crippen LogP contribution is -2.23. The molecule has 0 aromatic heterocycles. The van der Waals surface area contributed by atoms with Gasteiger partial charge in [-0.05, 0) is 31.5 Å². The maximum absolute atomic E-state index is 12.4. The minimum atomic E-state index is -0.139. The molecule has 1 aliphatic rings. The molecule has 4 nitrogen and oxygen atoms in total. The van der Waals surface area contributed by atoms with Gasteiger partial charge in [0.1, 0.15) is 13.2 Å². The summed E-state index contributed by atoms with van der Waals surface area (Å²) in [5.41, 5.74) is 3.20. The van der Waals surface area contributed by atoms with Crippen LogP contribution in [0.5, 0.6) is 11.5 Å². The van der Waals surface area contributed by atoms with Crippen molar-refractivity contribution in [2.75, 3.05) is 18.5 Å². The fourth-order valence-electron chi connectivity index (χ4n) is 2.35. The zero-order chi connectivity index (χ0) is 16.9. The maximum Gasteiger partial charge on any atom is 0.237 e. The van der Waals surface area contributed by atoms with E-state index in [4.69, 9.17) is 9.47 Å². The summed E-state index contributed by atoms with van der Waals surface area (Å²) in [6.45, 7) is 5.09. The average molecular weight is 343 g/mol. The Kier molecular flexibility index (Phi) is 5.30. The number of thioether (sulfide) groups is 1. The Morgan fingerprint density at radius 1 is 1.12 bits per heavy atom. The van der Waals surface area contributed by atoms with Gasteiger partial charge in [-0.1, -0.05) is 29.8 Å². The van der Waals surface area contributed by atoms with Gasteiger partial charge >= 0.3 is 0 Å². The summed E-state index contributed by atoms with van der Waals surface area (Å²) in [5, 5.41) is 2.80. The minimum Gasteiger partial charge on any atom is -0.486 e. The van der Waals surface area contributed by atoms with Gasteiger partial charge < -0.3 is 14.8 Å². The van der Waals surface area contributed by atoms with Gasteiger partial charge in [-0.2, -0.15) is 0 Å². The van der Waals surface area contributed by atoms with E-state index in [-0.39, 0.29) is 11.2 Å². The molecule has 2 aromatic carbocycles. The van der Waals surface area contributed by atoms with E-state index in [9.17, 15) is 4.79 Å². The zero-order valence-corrected chi connectivity index (χ0v) is 14.7. The van der Waals surface area contributed by atoms with Crippen LogP contribution in [0, 0.1) is 6.92 Å². The van der Waals surface area contributed by atoms with Gasteiger partial charge in [0.05, 0.1) is 5.25 Å². The lowest BCUT2D eigenvalue weighted by atomic mass is 10.2. The number of hydrogen-bond donors (Lipinski definition) is 1. The molecule has 24 heavy (non-hydrogen) atoms. The molecule has 0 aliphatic carbocycles. The Morgan fingerprint density at radius 3 is 2.58 bits per heavy atom. The summed E-state index contributed by atoms with van der Waals surface area (Å²) >= 11 is 1.62. The summed E-state index contributed by atoms with van der Waals surface area (Å²) < 4.78 is 11.0. The van der Waals surface area contributed by atoms with E-state index in [2.05, 4.69) is 36.5 Å². The normalized spacial score (nSPS) is 14.1. The van der Waals surface area contributed by atoms with Crippen LogP contribution < -0.4 is 14.8 Å². The van der Waals surface area contributed by atoms with Gasteiger partial charge in [0.25, 0.3) is 0 Å². The summed E-state index contributed by atoms with van der Waals surface area (Å²) in [7, 11) is 0. The van der Waals surface area contributed by atoms with Gasteiger partial charge in [0.2, 0.25) is 5.91 Å². The molecule has 1 aliphatic heterocycles. The van der Waals surface area contributed by atoms with Gasteiger partial charge in [-0.15, -0.1) is 11.8 Å². The van der Waals surface area contributed by atoms with Crippen LogP contribution in [0.3, 0.4) is 0 Å². The molecule has 0 saturated heterocycles. The number of nitrogens with one attached hydrogen (secondary N) is 1. The average Bonchev–Trinajstić information content (AvgIpc) is 2.61. The molecule has 1 unspecified atom stereocenters. The summed E-state index contributed by atoms with van der Waals surface area (Å²) in [5.74, 6) is 2.21. The smallest absolute Gasteiger partial charge is 0.237 e. The van der Waals surface area contributed by atoms with Crippen LogP contribution >= 0.6 is 11.8 Å². The Balaban J connectivity index is 1.55.